The molecular formula is C29H32ClN3O4. The van der Waals surface area contributed by atoms with Gasteiger partial charge in [0.2, 0.25) is 11.8 Å². The Morgan fingerprint density at radius 3 is 2.73 bits per heavy atom. The van der Waals surface area contributed by atoms with Gasteiger partial charge in [0.25, 0.3) is 5.91 Å². The van der Waals surface area contributed by atoms with Gasteiger partial charge in [0.15, 0.2) is 0 Å². The minimum Gasteiger partial charge on any atom is -0.365 e. The van der Waals surface area contributed by atoms with Crippen LogP contribution in [0.1, 0.15) is 71.1 Å². The summed E-state index contributed by atoms with van der Waals surface area (Å²) in [6.07, 6.45) is 5.68. The Balaban J connectivity index is 1.01. The van der Waals surface area contributed by atoms with Crippen LogP contribution in [0, 0.1) is 0 Å². The summed E-state index contributed by atoms with van der Waals surface area (Å²) >= 11 is 6.27. The van der Waals surface area contributed by atoms with Gasteiger partial charge in [0.05, 0.1) is 12.2 Å². The first-order valence-electron chi connectivity index (χ1n) is 13.3. The average Bonchev–Trinajstić information content (AvgIpc) is 3.41. The van der Waals surface area contributed by atoms with Crippen molar-refractivity contribution in [2.24, 2.45) is 0 Å². The quantitative estimate of drug-likeness (QED) is 0.460. The molecule has 0 aliphatic carbocycles. The van der Waals surface area contributed by atoms with E-state index in [-0.39, 0.29) is 29.7 Å². The Bertz CT molecular complexity index is 1250. The van der Waals surface area contributed by atoms with Gasteiger partial charge in [-0.15, -0.1) is 0 Å². The average molecular weight is 522 g/mol. The van der Waals surface area contributed by atoms with Gasteiger partial charge >= 0.3 is 0 Å². The van der Waals surface area contributed by atoms with Crippen molar-refractivity contribution in [2.75, 3.05) is 19.6 Å². The van der Waals surface area contributed by atoms with Crippen LogP contribution in [0.3, 0.4) is 0 Å². The van der Waals surface area contributed by atoms with E-state index in [1.54, 1.807) is 4.90 Å². The lowest BCUT2D eigenvalue weighted by Crippen LogP contribution is -2.52. The Kier molecular flexibility index (Phi) is 6.55. The molecule has 0 aromatic heterocycles. The number of halogens is 1. The summed E-state index contributed by atoms with van der Waals surface area (Å²) in [5.41, 5.74) is 5.28. The molecule has 4 aliphatic heterocycles. The maximum Gasteiger partial charge on any atom is 0.255 e. The molecule has 2 saturated heterocycles. The number of unbranched alkanes of at least 4 members (excludes halogenated alkanes) is 1. The molecule has 7 nitrogen and oxygen atoms in total. The third kappa shape index (κ3) is 4.58. The lowest BCUT2D eigenvalue weighted by molar-refractivity contribution is -0.136. The van der Waals surface area contributed by atoms with E-state index >= 15 is 0 Å². The number of carbonyl (C=O) groups is 3. The number of hydrogen-bond acceptors (Lipinski definition) is 5. The number of hydrogen-bond donors (Lipinski definition) is 1. The van der Waals surface area contributed by atoms with Gasteiger partial charge in [-0.2, -0.15) is 0 Å². The SMILES string of the molecule is O=C1CCC(N2Cc3c(CCCCN4CCC5(CC4)OCc4ccc(Cl)cc45)cccc3C2=O)C(=O)N1. The van der Waals surface area contributed by atoms with Crippen LogP contribution in [-0.4, -0.2) is 53.2 Å². The fourth-order valence-electron chi connectivity index (χ4n) is 6.48. The van der Waals surface area contributed by atoms with Crippen LogP contribution < -0.4 is 5.32 Å². The summed E-state index contributed by atoms with van der Waals surface area (Å²) in [6, 6.07) is 11.5. The monoisotopic (exact) mass is 521 g/mol. The lowest BCUT2D eigenvalue weighted by atomic mass is 9.84. The largest absolute Gasteiger partial charge is 0.365 e. The highest BCUT2D eigenvalue weighted by Crippen LogP contribution is 2.45. The molecule has 37 heavy (non-hydrogen) atoms. The molecule has 2 fully saturated rings. The number of piperidine rings is 2. The van der Waals surface area contributed by atoms with E-state index in [1.807, 2.05) is 18.2 Å². The highest BCUT2D eigenvalue weighted by Gasteiger charge is 2.43. The number of ether oxygens (including phenoxy) is 1. The molecule has 8 heteroatoms. The first kappa shape index (κ1) is 24.6. The van der Waals surface area contributed by atoms with Gasteiger partial charge in [0.1, 0.15) is 6.04 Å². The van der Waals surface area contributed by atoms with E-state index in [1.165, 1.54) is 16.7 Å². The van der Waals surface area contributed by atoms with Crippen molar-refractivity contribution in [3.63, 3.8) is 0 Å². The smallest absolute Gasteiger partial charge is 0.255 e. The van der Waals surface area contributed by atoms with Gasteiger partial charge in [-0.25, -0.2) is 0 Å². The van der Waals surface area contributed by atoms with Crippen LogP contribution in [0.15, 0.2) is 36.4 Å². The summed E-state index contributed by atoms with van der Waals surface area (Å²) in [5, 5.41) is 3.15. The molecule has 2 aromatic carbocycles. The van der Waals surface area contributed by atoms with Crippen molar-refractivity contribution in [3.8, 4) is 0 Å². The van der Waals surface area contributed by atoms with E-state index in [0.29, 0.717) is 25.1 Å². The first-order chi connectivity index (χ1) is 17.9. The predicted octanol–water partition coefficient (Wildman–Crippen LogP) is 3.95. The molecule has 1 unspecified atom stereocenters. The third-order valence-electron chi connectivity index (χ3n) is 8.58. The Labute approximate surface area is 222 Å². The molecule has 3 amide bonds. The summed E-state index contributed by atoms with van der Waals surface area (Å²) in [5.74, 6) is -0.734. The van der Waals surface area contributed by atoms with E-state index in [9.17, 15) is 14.4 Å². The fraction of sp³-hybridized carbons (Fsp3) is 0.483. The normalized spacial score (nSPS) is 22.9. The van der Waals surface area contributed by atoms with Crippen LogP contribution >= 0.6 is 11.6 Å². The van der Waals surface area contributed by atoms with Crippen molar-refractivity contribution >= 4 is 29.3 Å². The van der Waals surface area contributed by atoms with Crippen molar-refractivity contribution < 1.29 is 19.1 Å². The summed E-state index contributed by atoms with van der Waals surface area (Å²) in [4.78, 5) is 41.1. The highest BCUT2D eigenvalue weighted by molar-refractivity contribution is 6.30. The zero-order valence-corrected chi connectivity index (χ0v) is 21.7. The molecule has 4 heterocycles. The number of carbonyl (C=O) groups excluding carboxylic acids is 3. The molecule has 1 spiro atoms. The third-order valence-corrected chi connectivity index (χ3v) is 8.82. The molecule has 0 bridgehead atoms. The van der Waals surface area contributed by atoms with Crippen LogP contribution in [-0.2, 0) is 39.5 Å². The molecular weight excluding hydrogens is 490 g/mol. The number of rotatable bonds is 6. The molecule has 2 aromatic rings. The zero-order valence-electron chi connectivity index (χ0n) is 20.9. The van der Waals surface area contributed by atoms with Crippen LogP contribution in [0.4, 0.5) is 0 Å². The highest BCUT2D eigenvalue weighted by atomic mass is 35.5. The van der Waals surface area contributed by atoms with Crippen molar-refractivity contribution in [2.45, 2.75) is 69.7 Å². The Hall–Kier alpha value is -2.74. The zero-order chi connectivity index (χ0) is 25.6. The van der Waals surface area contributed by atoms with Gasteiger partial charge in [-0.3, -0.25) is 19.7 Å². The van der Waals surface area contributed by atoms with Crippen LogP contribution in [0.25, 0.3) is 0 Å². The van der Waals surface area contributed by atoms with Crippen molar-refractivity contribution in [1.29, 1.82) is 0 Å². The summed E-state index contributed by atoms with van der Waals surface area (Å²) in [7, 11) is 0. The second-order valence-electron chi connectivity index (χ2n) is 10.7. The van der Waals surface area contributed by atoms with Gasteiger partial charge < -0.3 is 14.5 Å². The first-order valence-corrected chi connectivity index (χ1v) is 13.7. The minimum absolute atomic E-state index is 0.106. The number of benzene rings is 2. The van der Waals surface area contributed by atoms with E-state index < -0.39 is 6.04 Å². The molecule has 6 rings (SSSR count). The van der Waals surface area contributed by atoms with E-state index in [4.69, 9.17) is 16.3 Å². The summed E-state index contributed by atoms with van der Waals surface area (Å²) < 4.78 is 6.30. The second kappa shape index (κ2) is 9.86. The van der Waals surface area contributed by atoms with Gasteiger partial charge in [0, 0.05) is 36.6 Å². The summed E-state index contributed by atoms with van der Waals surface area (Å²) in [6.45, 7) is 4.20. The van der Waals surface area contributed by atoms with Crippen molar-refractivity contribution in [3.05, 3.63) is 69.2 Å². The predicted molar refractivity (Wildman–Crippen MR) is 139 cm³/mol. The van der Waals surface area contributed by atoms with Crippen LogP contribution in [0.5, 0.6) is 0 Å². The lowest BCUT2D eigenvalue weighted by Gasteiger charge is -2.39. The molecule has 1 atom stereocenters. The topological polar surface area (TPSA) is 79.0 Å². The van der Waals surface area contributed by atoms with Gasteiger partial charge in [-0.05, 0) is 85.5 Å². The number of imide groups is 1. The number of nitrogens with one attached hydrogen (secondary N) is 1. The van der Waals surface area contributed by atoms with Crippen molar-refractivity contribution in [1.82, 2.24) is 15.1 Å². The molecule has 4 aliphatic rings. The Morgan fingerprint density at radius 2 is 1.92 bits per heavy atom. The Morgan fingerprint density at radius 1 is 1.08 bits per heavy atom. The number of amides is 3. The maximum atomic E-state index is 13.1. The number of aryl methyl sites for hydroxylation is 1. The number of fused-ring (bicyclic) bond motifs is 3. The maximum absolute atomic E-state index is 13.1. The fourth-order valence-corrected chi connectivity index (χ4v) is 6.65. The van der Waals surface area contributed by atoms with E-state index in [0.717, 1.165) is 62.3 Å². The van der Waals surface area contributed by atoms with Crippen LogP contribution in [0.2, 0.25) is 5.02 Å². The number of nitrogens with zero attached hydrogens (tertiary/aromatic N) is 2. The second-order valence-corrected chi connectivity index (χ2v) is 11.2. The molecule has 0 saturated carbocycles. The van der Waals surface area contributed by atoms with E-state index in [2.05, 4.69) is 28.4 Å². The molecule has 1 N–H and O–H groups in total. The molecule has 0 radical (unpaired) electrons. The standard InChI is InChI=1S/C29H32ClN3O4/c30-21-8-7-20-18-37-29(24(20)16-21)11-14-32(15-12-29)13-2-1-4-19-5-3-6-22-23(19)17-33(28(22)36)25-9-10-26(34)31-27(25)35/h3,5-8,16,25H,1-2,4,9-15,17-18H2,(H,31,34,35). The minimum atomic E-state index is -0.570. The molecule has 194 valence electrons. The number of likely N-dealkylation sites (tertiary alicyclic amines) is 1. The van der Waals surface area contributed by atoms with Gasteiger partial charge in [-0.1, -0.05) is 29.8 Å².